The minimum absolute atomic E-state index is 0.0504. The molecule has 61 heavy (non-hydrogen) atoms. The number of esters is 1. The Labute approximate surface area is 349 Å². The third kappa shape index (κ3) is 11.9. The van der Waals surface area contributed by atoms with E-state index in [4.69, 9.17) is 24.7 Å². The lowest BCUT2D eigenvalue weighted by molar-refractivity contribution is -0.383. The van der Waals surface area contributed by atoms with Crippen molar-refractivity contribution >= 4 is 62.8 Å². The van der Waals surface area contributed by atoms with Crippen molar-refractivity contribution in [3.8, 4) is 0 Å². The van der Waals surface area contributed by atoms with Gasteiger partial charge in [0.1, 0.15) is 54.5 Å². The quantitative estimate of drug-likeness (QED) is 0.0215. The molecule has 0 unspecified atom stereocenters. The molecule has 1 fully saturated rings. The van der Waals surface area contributed by atoms with Crippen LogP contribution in [0.2, 0.25) is 0 Å². The van der Waals surface area contributed by atoms with Gasteiger partial charge in [0, 0.05) is 31.3 Å². The summed E-state index contributed by atoms with van der Waals surface area (Å²) in [6.45, 7) is 3.26. The van der Waals surface area contributed by atoms with E-state index in [1.54, 1.807) is 60.7 Å². The van der Waals surface area contributed by atoms with Gasteiger partial charge in [0.2, 0.25) is 23.6 Å². The summed E-state index contributed by atoms with van der Waals surface area (Å²) in [5.41, 5.74) is 7.62. The van der Waals surface area contributed by atoms with Crippen LogP contribution in [0.4, 0.5) is 11.4 Å². The summed E-state index contributed by atoms with van der Waals surface area (Å²) >= 11 is 0. The molecule has 4 aromatic rings. The van der Waals surface area contributed by atoms with E-state index >= 15 is 0 Å². The molecule has 20 nitrogen and oxygen atoms in total. The standard InChI is InChI=1S/C41H49N7O13/c1-22(44-40(55)23(2)60-37-35(45-24(3)50)41(61-31(20-49)36(37)52)59-21-25-10-5-4-6-11-25)39(54)47-29(38(42)53)16-17-32(51)58-19-18-43-34-26-12-7-8-13-27(26)46-28-14-9-15-30(33(28)34)48(56)57/h4-15,22-23,29,31,35-37,41,49,52H,16-21H2,1-3H3,(H2,42,53)(H,43,46)(H,44,55)(H,45,50)(H,47,54)/t22-,23-,29+,31-,35+,36+,37-,41-/m1/s1. The minimum atomic E-state index is -1.51. The van der Waals surface area contributed by atoms with Gasteiger partial charge in [-0.1, -0.05) is 54.6 Å². The molecule has 3 aromatic carbocycles. The number of primary amides is 1. The van der Waals surface area contributed by atoms with Gasteiger partial charge in [-0.25, -0.2) is 4.98 Å². The maximum absolute atomic E-state index is 13.2. The molecule has 20 heteroatoms. The van der Waals surface area contributed by atoms with Crippen LogP contribution in [0.15, 0.2) is 72.8 Å². The van der Waals surface area contributed by atoms with Crippen molar-refractivity contribution in [1.29, 1.82) is 0 Å². The lowest BCUT2D eigenvalue weighted by Crippen LogP contribution is -2.66. The molecule has 0 aliphatic carbocycles. The Bertz CT molecular complexity index is 2210. The molecule has 0 radical (unpaired) electrons. The second-order valence-electron chi connectivity index (χ2n) is 14.3. The van der Waals surface area contributed by atoms with Crippen LogP contribution in [0.1, 0.15) is 39.2 Å². The number of hydrogen-bond acceptors (Lipinski definition) is 15. The molecule has 5 rings (SSSR count). The highest BCUT2D eigenvalue weighted by molar-refractivity contribution is 6.11. The number of hydrogen-bond donors (Lipinski definition) is 7. The number of ether oxygens (including phenoxy) is 4. The maximum atomic E-state index is 13.2. The van der Waals surface area contributed by atoms with Gasteiger partial charge in [-0.3, -0.25) is 34.1 Å². The number of rotatable bonds is 20. The van der Waals surface area contributed by atoms with E-state index in [9.17, 15) is 44.3 Å². The number of benzene rings is 3. The molecule has 8 atom stereocenters. The Morgan fingerprint density at radius 1 is 0.967 bits per heavy atom. The summed E-state index contributed by atoms with van der Waals surface area (Å²) in [7, 11) is 0. The third-order valence-electron chi connectivity index (χ3n) is 9.81. The number of nitrogens with one attached hydrogen (secondary N) is 4. The number of carbonyl (C=O) groups is 5. The normalized spacial score (nSPS) is 20.2. The number of fused-ring (bicyclic) bond motifs is 2. The zero-order valence-electron chi connectivity index (χ0n) is 33.6. The summed E-state index contributed by atoms with van der Waals surface area (Å²) in [4.78, 5) is 79.3. The molecule has 1 saturated heterocycles. The first kappa shape index (κ1) is 45.8. The van der Waals surface area contributed by atoms with Crippen molar-refractivity contribution in [3.05, 3.63) is 88.5 Å². The van der Waals surface area contributed by atoms with Gasteiger partial charge in [-0.2, -0.15) is 0 Å². The summed E-state index contributed by atoms with van der Waals surface area (Å²) in [6.07, 6.45) is -7.11. The minimum Gasteiger partial charge on any atom is -0.464 e. The van der Waals surface area contributed by atoms with Gasteiger partial charge in [-0.15, -0.1) is 0 Å². The number of para-hydroxylation sites is 1. The fraction of sp³-hybridized carbons (Fsp3) is 0.415. The molecule has 0 bridgehead atoms. The van der Waals surface area contributed by atoms with Gasteiger partial charge in [0.15, 0.2) is 6.29 Å². The summed E-state index contributed by atoms with van der Waals surface area (Å²) in [5, 5.41) is 44.4. The number of aliphatic hydroxyl groups is 2. The second kappa shape index (κ2) is 21.3. The first-order valence-electron chi connectivity index (χ1n) is 19.5. The highest BCUT2D eigenvalue weighted by Crippen LogP contribution is 2.36. The molecular formula is C41H49N7O13. The molecule has 0 spiro atoms. The van der Waals surface area contributed by atoms with Crippen molar-refractivity contribution < 1.29 is 58.1 Å². The van der Waals surface area contributed by atoms with Crippen LogP contribution >= 0.6 is 0 Å². The first-order chi connectivity index (χ1) is 29.2. The number of aliphatic hydroxyl groups excluding tert-OH is 2. The summed E-state index contributed by atoms with van der Waals surface area (Å²) < 4.78 is 22.9. The Balaban J connectivity index is 1.12. The van der Waals surface area contributed by atoms with E-state index in [1.807, 2.05) is 6.07 Å². The average molecular weight is 848 g/mol. The third-order valence-corrected chi connectivity index (χ3v) is 9.81. The summed E-state index contributed by atoms with van der Waals surface area (Å²) in [5.74, 6) is -3.80. The Morgan fingerprint density at radius 2 is 1.67 bits per heavy atom. The molecule has 1 aliphatic rings. The van der Waals surface area contributed by atoms with Crippen molar-refractivity contribution in [1.82, 2.24) is 20.9 Å². The highest BCUT2D eigenvalue weighted by Gasteiger charge is 2.48. The topological polar surface area (TPSA) is 293 Å². The number of carbonyl (C=O) groups excluding carboxylic acids is 5. The van der Waals surface area contributed by atoms with Gasteiger partial charge >= 0.3 is 5.97 Å². The van der Waals surface area contributed by atoms with Crippen molar-refractivity contribution in [2.24, 2.45) is 5.73 Å². The number of amides is 4. The van der Waals surface area contributed by atoms with Gasteiger partial charge < -0.3 is 56.2 Å². The number of anilines is 1. The number of non-ortho nitro benzene ring substituents is 1. The second-order valence-corrected chi connectivity index (χ2v) is 14.3. The molecule has 0 saturated carbocycles. The number of nitrogens with zero attached hydrogens (tertiary/aromatic N) is 2. The fourth-order valence-electron chi connectivity index (χ4n) is 6.72. The molecule has 1 aromatic heterocycles. The van der Waals surface area contributed by atoms with Gasteiger partial charge in [-0.05, 0) is 38.0 Å². The van der Waals surface area contributed by atoms with Crippen LogP contribution in [0.3, 0.4) is 0 Å². The van der Waals surface area contributed by atoms with Crippen molar-refractivity contribution in [2.75, 3.05) is 25.1 Å². The highest BCUT2D eigenvalue weighted by atomic mass is 16.7. The fourth-order valence-corrected chi connectivity index (χ4v) is 6.72. The predicted molar refractivity (Wildman–Crippen MR) is 218 cm³/mol. The SMILES string of the molecule is CC(=O)N[C@@H]1[C@H](OCc2ccccc2)O[C@H](CO)[C@H](O)[C@@H]1O[C@H](C)C(=O)N[C@H](C)C(=O)N[C@@H](CCC(=O)OCCNc1c2ccccc2nc2cccc([N+](=O)[O-])c12)C(N)=O. The number of nitrogens with two attached hydrogens (primary N) is 1. The number of aromatic nitrogens is 1. The van der Waals surface area contributed by atoms with Gasteiger partial charge in [0.05, 0.1) is 34.9 Å². The monoisotopic (exact) mass is 847 g/mol. The Morgan fingerprint density at radius 3 is 2.36 bits per heavy atom. The summed E-state index contributed by atoms with van der Waals surface area (Å²) in [6, 6.07) is 17.0. The first-order valence-corrected chi connectivity index (χ1v) is 19.5. The van der Waals surface area contributed by atoms with Crippen molar-refractivity contribution in [2.45, 2.75) is 89.1 Å². The molecular weight excluding hydrogens is 798 g/mol. The number of pyridine rings is 1. The molecule has 1 aliphatic heterocycles. The maximum Gasteiger partial charge on any atom is 0.305 e. The van der Waals surface area contributed by atoms with E-state index < -0.39 is 90.0 Å². The van der Waals surface area contributed by atoms with Crippen LogP contribution in [0.25, 0.3) is 21.8 Å². The Hall–Kier alpha value is -6.32. The van der Waals surface area contributed by atoms with Crippen LogP contribution < -0.4 is 27.0 Å². The largest absolute Gasteiger partial charge is 0.464 e. The number of nitro groups is 1. The molecule has 326 valence electrons. The number of nitro benzene ring substituents is 1. The van der Waals surface area contributed by atoms with E-state index in [-0.39, 0.29) is 38.3 Å². The lowest BCUT2D eigenvalue weighted by atomic mass is 9.96. The predicted octanol–water partition coefficient (Wildman–Crippen LogP) is 1.08. The van der Waals surface area contributed by atoms with E-state index in [0.29, 0.717) is 27.5 Å². The van der Waals surface area contributed by atoms with Gasteiger partial charge in [0.25, 0.3) is 5.69 Å². The van der Waals surface area contributed by atoms with Crippen LogP contribution in [0, 0.1) is 10.1 Å². The average Bonchev–Trinajstić information content (AvgIpc) is 3.23. The van der Waals surface area contributed by atoms with Crippen LogP contribution in [-0.2, 0) is 49.5 Å². The van der Waals surface area contributed by atoms with E-state index in [1.165, 1.54) is 26.8 Å². The van der Waals surface area contributed by atoms with Crippen LogP contribution in [-0.4, -0.2) is 118 Å². The molecule has 8 N–H and O–H groups in total. The van der Waals surface area contributed by atoms with E-state index in [2.05, 4.69) is 26.3 Å². The lowest BCUT2D eigenvalue weighted by Gasteiger charge is -2.44. The smallest absolute Gasteiger partial charge is 0.305 e. The zero-order valence-corrected chi connectivity index (χ0v) is 33.6. The molecule has 4 amide bonds. The molecule has 2 heterocycles. The Kier molecular flexibility index (Phi) is 16.0. The van der Waals surface area contributed by atoms with Crippen LogP contribution in [0.5, 0.6) is 0 Å². The van der Waals surface area contributed by atoms with E-state index in [0.717, 1.165) is 5.56 Å². The zero-order chi connectivity index (χ0) is 44.2. The van der Waals surface area contributed by atoms with Crippen molar-refractivity contribution in [3.63, 3.8) is 0 Å².